The molecule has 0 aromatic heterocycles. The zero-order chi connectivity index (χ0) is 34.8. The van der Waals surface area contributed by atoms with Gasteiger partial charge in [0, 0.05) is 30.0 Å². The molecule has 0 aliphatic rings. The van der Waals surface area contributed by atoms with Crippen molar-refractivity contribution in [3.8, 4) is 11.5 Å². The lowest BCUT2D eigenvalue weighted by atomic mass is 10.0. The van der Waals surface area contributed by atoms with Gasteiger partial charge in [-0.1, -0.05) is 72.2 Å². The third-order valence-corrected chi connectivity index (χ3v) is 9.80. The molecule has 0 radical (unpaired) electrons. The molecule has 4 rings (SSSR count). The molecular weight excluding hydrogens is 701 g/mol. The molecule has 48 heavy (non-hydrogen) atoms. The van der Waals surface area contributed by atoms with E-state index in [0.29, 0.717) is 12.3 Å². The minimum atomic E-state index is -4.44. The van der Waals surface area contributed by atoms with Crippen molar-refractivity contribution >= 4 is 43.5 Å². The Morgan fingerprint density at radius 2 is 1.52 bits per heavy atom. The van der Waals surface area contributed by atoms with Crippen LogP contribution in [0.3, 0.4) is 0 Å². The Hall–Kier alpha value is -4.42. The number of hydrogen-bond donors (Lipinski definition) is 1. The van der Waals surface area contributed by atoms with Crippen molar-refractivity contribution in [3.05, 3.63) is 118 Å². The van der Waals surface area contributed by atoms with Crippen LogP contribution >= 0.6 is 15.9 Å². The van der Waals surface area contributed by atoms with E-state index in [0.717, 1.165) is 32.0 Å². The van der Waals surface area contributed by atoms with E-state index in [1.165, 1.54) is 49.5 Å². The maximum Gasteiger partial charge on any atom is 0.264 e. The van der Waals surface area contributed by atoms with E-state index >= 15 is 0 Å². The van der Waals surface area contributed by atoms with Gasteiger partial charge in [0.25, 0.3) is 10.0 Å². The number of halogens is 2. The molecule has 0 fully saturated rings. The Morgan fingerprint density at radius 3 is 2.15 bits per heavy atom. The van der Waals surface area contributed by atoms with Crippen LogP contribution in [0.25, 0.3) is 0 Å². The van der Waals surface area contributed by atoms with Crippen LogP contribution in [0.4, 0.5) is 10.1 Å². The number of methoxy groups -OCH3 is 2. The number of sulfonamides is 1. The second-order valence-corrected chi connectivity index (χ2v) is 14.3. The van der Waals surface area contributed by atoms with Crippen molar-refractivity contribution in [3.63, 3.8) is 0 Å². The van der Waals surface area contributed by atoms with E-state index in [4.69, 9.17) is 9.47 Å². The second kappa shape index (κ2) is 16.6. The predicted molar refractivity (Wildman–Crippen MR) is 187 cm³/mol. The number of nitrogens with zero attached hydrogens (tertiary/aromatic N) is 2. The molecule has 1 N–H and O–H groups in total. The van der Waals surface area contributed by atoms with Crippen LogP contribution in [0.1, 0.15) is 25.0 Å². The highest BCUT2D eigenvalue weighted by Crippen LogP contribution is 2.32. The van der Waals surface area contributed by atoms with Gasteiger partial charge in [-0.3, -0.25) is 13.9 Å². The van der Waals surface area contributed by atoms with Crippen molar-refractivity contribution < 1.29 is 31.9 Å². The molecule has 12 heteroatoms. The lowest BCUT2D eigenvalue weighted by Gasteiger charge is -2.34. The van der Waals surface area contributed by atoms with E-state index in [1.807, 2.05) is 68.4 Å². The van der Waals surface area contributed by atoms with Crippen molar-refractivity contribution in [2.24, 2.45) is 5.92 Å². The highest BCUT2D eigenvalue weighted by atomic mass is 79.9. The van der Waals surface area contributed by atoms with Crippen LogP contribution in [-0.4, -0.2) is 58.5 Å². The molecule has 254 valence electrons. The summed E-state index contributed by atoms with van der Waals surface area (Å²) in [6.45, 7) is 3.66. The number of ether oxygens (including phenoxy) is 2. The molecular formula is C36H39BrFN3O6S. The number of amides is 2. The van der Waals surface area contributed by atoms with E-state index < -0.39 is 34.3 Å². The molecule has 1 unspecified atom stereocenters. The summed E-state index contributed by atoms with van der Waals surface area (Å²) in [6, 6.07) is 24.6. The predicted octanol–water partition coefficient (Wildman–Crippen LogP) is 6.21. The quantitative estimate of drug-likeness (QED) is 0.156. The van der Waals surface area contributed by atoms with E-state index in [2.05, 4.69) is 21.2 Å². The zero-order valence-electron chi connectivity index (χ0n) is 27.2. The number of hydrogen-bond acceptors (Lipinski definition) is 6. The van der Waals surface area contributed by atoms with Crippen LogP contribution in [-0.2, 0) is 32.6 Å². The lowest BCUT2D eigenvalue weighted by molar-refractivity contribution is -0.140. The van der Waals surface area contributed by atoms with Crippen molar-refractivity contribution in [2.45, 2.75) is 37.8 Å². The largest absolute Gasteiger partial charge is 0.493 e. The third kappa shape index (κ3) is 9.35. The topological polar surface area (TPSA) is 105 Å². The molecule has 0 bridgehead atoms. The molecule has 1 atom stereocenters. The molecule has 0 aliphatic heterocycles. The number of anilines is 1. The molecule has 0 saturated carbocycles. The first-order chi connectivity index (χ1) is 22.9. The fraction of sp³-hybridized carbons (Fsp3) is 0.278. The third-order valence-electron chi connectivity index (χ3n) is 7.53. The maximum atomic E-state index is 14.6. The summed E-state index contributed by atoms with van der Waals surface area (Å²) in [6.07, 6.45) is 0.184. The van der Waals surface area contributed by atoms with Crippen molar-refractivity contribution in [1.29, 1.82) is 0 Å². The Balaban J connectivity index is 1.82. The first kappa shape index (κ1) is 36.4. The average Bonchev–Trinajstić information content (AvgIpc) is 3.08. The van der Waals surface area contributed by atoms with E-state index in [1.54, 1.807) is 0 Å². The molecule has 4 aromatic carbocycles. The fourth-order valence-corrected chi connectivity index (χ4v) is 6.93. The second-order valence-electron chi connectivity index (χ2n) is 11.5. The Labute approximate surface area is 289 Å². The summed E-state index contributed by atoms with van der Waals surface area (Å²) in [5, 5.41) is 2.96. The van der Waals surface area contributed by atoms with Crippen LogP contribution in [0, 0.1) is 11.7 Å². The van der Waals surface area contributed by atoms with Gasteiger partial charge in [0.1, 0.15) is 18.4 Å². The summed E-state index contributed by atoms with van der Waals surface area (Å²) in [5.74, 6) is -0.936. The number of rotatable bonds is 15. The summed E-state index contributed by atoms with van der Waals surface area (Å²) in [4.78, 5) is 29.7. The molecule has 2 amide bonds. The monoisotopic (exact) mass is 739 g/mol. The normalized spacial score (nSPS) is 11.9. The number of nitrogens with one attached hydrogen (secondary N) is 1. The van der Waals surface area contributed by atoms with Gasteiger partial charge >= 0.3 is 0 Å². The van der Waals surface area contributed by atoms with Crippen LogP contribution < -0.4 is 19.1 Å². The van der Waals surface area contributed by atoms with Crippen molar-refractivity contribution in [1.82, 2.24) is 10.2 Å². The van der Waals surface area contributed by atoms with Crippen molar-refractivity contribution in [2.75, 3.05) is 31.6 Å². The smallest absolute Gasteiger partial charge is 0.264 e. The molecule has 0 aliphatic carbocycles. The van der Waals surface area contributed by atoms with Gasteiger partial charge in [-0.2, -0.15) is 0 Å². The number of carbonyl (C=O) groups excluding carboxylic acids is 2. The summed E-state index contributed by atoms with van der Waals surface area (Å²) in [7, 11) is -1.63. The number of carbonyl (C=O) groups is 2. The molecule has 0 spiro atoms. The first-order valence-corrected chi connectivity index (χ1v) is 17.5. The Morgan fingerprint density at radius 1 is 0.854 bits per heavy atom. The first-order valence-electron chi connectivity index (χ1n) is 15.3. The van der Waals surface area contributed by atoms with E-state index in [-0.39, 0.29) is 41.1 Å². The molecule has 0 saturated heterocycles. The molecule has 4 aromatic rings. The number of benzene rings is 4. The van der Waals surface area contributed by atoms with Gasteiger partial charge in [0.15, 0.2) is 11.5 Å². The van der Waals surface area contributed by atoms with Gasteiger partial charge in [0.2, 0.25) is 11.8 Å². The Kier molecular flexibility index (Phi) is 12.6. The van der Waals surface area contributed by atoms with Gasteiger partial charge in [0.05, 0.1) is 24.8 Å². The summed E-state index contributed by atoms with van der Waals surface area (Å²) >= 11 is 3.48. The molecule has 0 heterocycles. The standard InChI is InChI=1S/C36H39BrFN3O6S/c1-25(2)22-39-36(43)32(20-26-9-6-5-7-10-26)40(23-27-11-8-12-28(37)19-27)35(42)24-41(30-15-13-29(38)14-16-30)48(44,45)31-17-18-33(46-3)34(21-31)47-4/h5-19,21,25,32H,20,22-24H2,1-4H3,(H,39,43). The van der Waals surface area contributed by atoms with Crippen LogP contribution in [0.5, 0.6) is 11.5 Å². The van der Waals surface area contributed by atoms with Gasteiger partial charge in [-0.15, -0.1) is 0 Å². The summed E-state index contributed by atoms with van der Waals surface area (Å²) in [5.41, 5.74) is 1.61. The highest BCUT2D eigenvalue weighted by Gasteiger charge is 2.35. The lowest BCUT2D eigenvalue weighted by Crippen LogP contribution is -2.53. The minimum absolute atomic E-state index is 0.0124. The van der Waals surface area contributed by atoms with Gasteiger partial charge in [-0.25, -0.2) is 12.8 Å². The Bertz CT molecular complexity index is 1810. The summed E-state index contributed by atoms with van der Waals surface area (Å²) < 4.78 is 54.9. The fourth-order valence-electron chi connectivity index (χ4n) is 5.05. The van der Waals surface area contributed by atoms with Gasteiger partial charge < -0.3 is 19.7 Å². The SMILES string of the molecule is COc1ccc(S(=O)(=O)N(CC(=O)N(Cc2cccc(Br)c2)C(Cc2ccccc2)C(=O)NCC(C)C)c2ccc(F)cc2)cc1OC. The minimum Gasteiger partial charge on any atom is -0.493 e. The zero-order valence-corrected chi connectivity index (χ0v) is 29.6. The highest BCUT2D eigenvalue weighted by molar-refractivity contribution is 9.10. The molecule has 9 nitrogen and oxygen atoms in total. The van der Waals surface area contributed by atoms with Gasteiger partial charge in [-0.05, 0) is 65.6 Å². The maximum absolute atomic E-state index is 14.6. The van der Waals surface area contributed by atoms with Crippen LogP contribution in [0.2, 0.25) is 0 Å². The van der Waals surface area contributed by atoms with Crippen LogP contribution in [0.15, 0.2) is 106 Å². The van der Waals surface area contributed by atoms with E-state index in [9.17, 15) is 22.4 Å². The average molecular weight is 741 g/mol.